The summed E-state index contributed by atoms with van der Waals surface area (Å²) in [4.78, 5) is 14.3. The fraction of sp³-hybridized carbons (Fsp3) is 0.615. The molecule has 7 heteroatoms. The van der Waals surface area contributed by atoms with Crippen LogP contribution in [0.3, 0.4) is 0 Å². The highest BCUT2D eigenvalue weighted by Crippen LogP contribution is 2.46. The molecule has 1 N–H and O–H groups in total. The second kappa shape index (κ2) is 4.54. The molecule has 1 aromatic heterocycles. The van der Waals surface area contributed by atoms with Crippen LogP contribution in [0.1, 0.15) is 31.5 Å². The summed E-state index contributed by atoms with van der Waals surface area (Å²) in [6.45, 7) is 1.81. The summed E-state index contributed by atoms with van der Waals surface area (Å²) < 4.78 is 23.0. The average Bonchev–Trinajstić information content (AvgIpc) is 2.81. The lowest BCUT2D eigenvalue weighted by atomic mass is 10.2. The highest BCUT2D eigenvalue weighted by Gasteiger charge is 2.60. The number of rotatable bonds is 4. The first-order valence-electron chi connectivity index (χ1n) is 6.63. The zero-order valence-corrected chi connectivity index (χ0v) is 13.1. The molecule has 3 rings (SSSR count). The molecule has 1 saturated heterocycles. The Morgan fingerprint density at radius 3 is 2.75 bits per heavy atom. The number of nitrogens with zero attached hydrogens (tertiary/aromatic N) is 1. The Labute approximate surface area is 122 Å². The molecule has 1 aromatic rings. The molecule has 1 saturated carbocycles. The normalized spacial score (nSPS) is 26.2. The second-order valence-corrected chi connectivity index (χ2v) is 8.80. The van der Waals surface area contributed by atoms with Crippen LogP contribution in [-0.2, 0) is 14.6 Å². The van der Waals surface area contributed by atoms with E-state index in [2.05, 4.69) is 5.32 Å². The molecule has 2 atom stereocenters. The summed E-state index contributed by atoms with van der Waals surface area (Å²) in [7, 11) is -3.11. The molecular weight excluding hydrogens is 296 g/mol. The molecule has 110 valence electrons. The van der Waals surface area contributed by atoms with Crippen molar-refractivity contribution in [3.8, 4) is 0 Å². The summed E-state index contributed by atoms with van der Waals surface area (Å²) in [5.74, 6) is 0.0433. The van der Waals surface area contributed by atoms with Gasteiger partial charge in [0.15, 0.2) is 0 Å². The first-order valence-corrected chi connectivity index (χ1v) is 9.63. The third-order valence-corrected chi connectivity index (χ3v) is 5.75. The van der Waals surface area contributed by atoms with Gasteiger partial charge in [-0.3, -0.25) is 10.1 Å². The molecular formula is C13H18N2O3S2. The maximum Gasteiger partial charge on any atom is 0.244 e. The van der Waals surface area contributed by atoms with Crippen molar-refractivity contribution in [2.75, 3.05) is 12.0 Å². The SMILES string of the molecule is CC(CS(C)(=O)=O)N1C(=O)C2(CC2)NC1c1ccsc1. The van der Waals surface area contributed by atoms with Crippen LogP contribution in [0.4, 0.5) is 0 Å². The summed E-state index contributed by atoms with van der Waals surface area (Å²) in [5, 5.41) is 7.38. The lowest BCUT2D eigenvalue weighted by Crippen LogP contribution is -2.42. The van der Waals surface area contributed by atoms with Crippen molar-refractivity contribution in [3.05, 3.63) is 22.4 Å². The Hall–Kier alpha value is -0.920. The lowest BCUT2D eigenvalue weighted by molar-refractivity contribution is -0.132. The van der Waals surface area contributed by atoms with Gasteiger partial charge in [0.2, 0.25) is 5.91 Å². The van der Waals surface area contributed by atoms with E-state index in [9.17, 15) is 13.2 Å². The minimum Gasteiger partial charge on any atom is -0.318 e. The Kier molecular flexibility index (Phi) is 3.19. The van der Waals surface area contributed by atoms with E-state index in [1.54, 1.807) is 23.2 Å². The standard InChI is InChI=1S/C13H18N2O3S2/c1-9(8-20(2,17)18)15-11(10-3-6-19-7-10)14-13(4-5-13)12(15)16/h3,6-7,9,11,14H,4-5,8H2,1-2H3. The van der Waals surface area contributed by atoms with E-state index in [0.717, 1.165) is 18.4 Å². The Balaban J connectivity index is 1.90. The van der Waals surface area contributed by atoms with Crippen molar-refractivity contribution in [1.29, 1.82) is 0 Å². The molecule has 1 aliphatic carbocycles. The van der Waals surface area contributed by atoms with Crippen LogP contribution >= 0.6 is 11.3 Å². The Morgan fingerprint density at radius 1 is 1.55 bits per heavy atom. The van der Waals surface area contributed by atoms with Gasteiger partial charge in [-0.05, 0) is 42.2 Å². The van der Waals surface area contributed by atoms with E-state index in [1.165, 1.54) is 6.26 Å². The molecule has 5 nitrogen and oxygen atoms in total. The van der Waals surface area contributed by atoms with Crippen LogP contribution in [0, 0.1) is 0 Å². The largest absolute Gasteiger partial charge is 0.318 e. The highest BCUT2D eigenvalue weighted by molar-refractivity contribution is 7.90. The van der Waals surface area contributed by atoms with E-state index in [0.29, 0.717) is 0 Å². The smallest absolute Gasteiger partial charge is 0.244 e. The molecule has 0 aromatic carbocycles. The highest BCUT2D eigenvalue weighted by atomic mass is 32.2. The summed E-state index contributed by atoms with van der Waals surface area (Å²) in [6, 6.07) is 1.66. The van der Waals surface area contributed by atoms with Gasteiger partial charge in [-0.15, -0.1) is 0 Å². The van der Waals surface area contributed by atoms with Crippen LogP contribution in [0.5, 0.6) is 0 Å². The van der Waals surface area contributed by atoms with Crippen LogP contribution in [0.25, 0.3) is 0 Å². The third-order valence-electron chi connectivity index (χ3n) is 3.96. The molecule has 2 heterocycles. The fourth-order valence-electron chi connectivity index (χ4n) is 2.89. The maximum atomic E-state index is 12.6. The van der Waals surface area contributed by atoms with Gasteiger partial charge in [0.25, 0.3) is 0 Å². The van der Waals surface area contributed by atoms with Gasteiger partial charge >= 0.3 is 0 Å². The molecule has 1 aliphatic heterocycles. The monoisotopic (exact) mass is 314 g/mol. The maximum absolute atomic E-state index is 12.6. The van der Waals surface area contributed by atoms with Crippen molar-refractivity contribution in [2.24, 2.45) is 0 Å². The predicted molar refractivity (Wildman–Crippen MR) is 78.2 cm³/mol. The van der Waals surface area contributed by atoms with Gasteiger partial charge in [0, 0.05) is 12.3 Å². The number of amides is 1. The van der Waals surface area contributed by atoms with Crippen molar-refractivity contribution in [3.63, 3.8) is 0 Å². The van der Waals surface area contributed by atoms with Crippen molar-refractivity contribution < 1.29 is 13.2 Å². The molecule has 1 amide bonds. The fourth-order valence-corrected chi connectivity index (χ4v) is 4.60. The molecule has 0 radical (unpaired) electrons. The molecule has 20 heavy (non-hydrogen) atoms. The molecule has 2 fully saturated rings. The quantitative estimate of drug-likeness (QED) is 0.905. The van der Waals surface area contributed by atoms with E-state index in [4.69, 9.17) is 0 Å². The Bertz CT molecular complexity index is 620. The minimum absolute atomic E-state index is 0.00284. The summed E-state index contributed by atoms with van der Waals surface area (Å²) in [5.41, 5.74) is 0.603. The number of carbonyl (C=O) groups is 1. The topological polar surface area (TPSA) is 66.5 Å². The van der Waals surface area contributed by atoms with E-state index >= 15 is 0 Å². The number of hydrogen-bond acceptors (Lipinski definition) is 5. The van der Waals surface area contributed by atoms with Crippen LogP contribution in [-0.4, -0.2) is 42.8 Å². The lowest BCUT2D eigenvalue weighted by Gasteiger charge is -2.29. The van der Waals surface area contributed by atoms with Crippen LogP contribution in [0.15, 0.2) is 16.8 Å². The van der Waals surface area contributed by atoms with E-state index in [-0.39, 0.29) is 23.9 Å². The molecule has 1 spiro atoms. The number of sulfone groups is 1. The van der Waals surface area contributed by atoms with Gasteiger partial charge in [-0.25, -0.2) is 8.42 Å². The van der Waals surface area contributed by atoms with Crippen molar-refractivity contribution in [1.82, 2.24) is 10.2 Å². The van der Waals surface area contributed by atoms with E-state index < -0.39 is 15.4 Å². The predicted octanol–water partition coefficient (Wildman–Crippen LogP) is 1.14. The van der Waals surface area contributed by atoms with Gasteiger partial charge in [-0.2, -0.15) is 11.3 Å². The van der Waals surface area contributed by atoms with Crippen LogP contribution in [0.2, 0.25) is 0 Å². The van der Waals surface area contributed by atoms with Crippen LogP contribution < -0.4 is 5.32 Å². The van der Waals surface area contributed by atoms with Crippen molar-refractivity contribution in [2.45, 2.75) is 37.5 Å². The second-order valence-electron chi connectivity index (χ2n) is 5.84. The summed E-state index contributed by atoms with van der Waals surface area (Å²) in [6.07, 6.45) is 2.70. The number of hydrogen-bond donors (Lipinski definition) is 1. The van der Waals surface area contributed by atoms with Gasteiger partial charge in [-0.1, -0.05) is 0 Å². The number of thiophene rings is 1. The molecule has 2 aliphatic rings. The van der Waals surface area contributed by atoms with E-state index in [1.807, 2.05) is 16.8 Å². The number of nitrogens with one attached hydrogen (secondary N) is 1. The molecule has 2 unspecified atom stereocenters. The van der Waals surface area contributed by atoms with Gasteiger partial charge in [0.05, 0.1) is 5.75 Å². The zero-order valence-electron chi connectivity index (χ0n) is 11.5. The minimum atomic E-state index is -3.11. The Morgan fingerprint density at radius 2 is 2.25 bits per heavy atom. The number of carbonyl (C=O) groups excluding carboxylic acids is 1. The zero-order chi connectivity index (χ0) is 14.5. The first-order chi connectivity index (χ1) is 9.32. The third kappa shape index (κ3) is 2.38. The molecule has 0 bridgehead atoms. The van der Waals surface area contributed by atoms with Crippen molar-refractivity contribution >= 4 is 27.1 Å². The summed E-state index contributed by atoms with van der Waals surface area (Å²) >= 11 is 1.58. The average molecular weight is 314 g/mol. The first kappa shape index (κ1) is 14.0. The van der Waals surface area contributed by atoms with Gasteiger partial charge < -0.3 is 4.90 Å². The van der Waals surface area contributed by atoms with Gasteiger partial charge in [0.1, 0.15) is 21.5 Å².